The van der Waals surface area contributed by atoms with Gasteiger partial charge in [-0.25, -0.2) is 4.39 Å². The Balaban J connectivity index is 0.000000254. The van der Waals surface area contributed by atoms with Crippen molar-refractivity contribution >= 4 is 23.3 Å². The van der Waals surface area contributed by atoms with E-state index in [1.807, 2.05) is 16.8 Å². The lowest BCUT2D eigenvalue weighted by Gasteiger charge is -2.33. The Bertz CT molecular complexity index is 999. The topological polar surface area (TPSA) is 120 Å². The molecule has 1 aromatic heterocycles. The van der Waals surface area contributed by atoms with Crippen LogP contribution in [0.2, 0.25) is 0 Å². The third kappa shape index (κ3) is 4.62. The molecule has 4 N–H and O–H groups in total. The van der Waals surface area contributed by atoms with Crippen LogP contribution in [0.5, 0.6) is 5.75 Å². The number of nitrogens with two attached hydrogens (primary N) is 2. The summed E-state index contributed by atoms with van der Waals surface area (Å²) >= 11 is 0. The first-order valence-corrected chi connectivity index (χ1v) is 9.93. The van der Waals surface area contributed by atoms with Crippen LogP contribution in [-0.2, 0) is 11.8 Å². The second kappa shape index (κ2) is 9.07. The highest BCUT2D eigenvalue weighted by atomic mass is 19.1. The van der Waals surface area contributed by atoms with Crippen LogP contribution in [0.15, 0.2) is 30.9 Å². The molecule has 0 aliphatic carbocycles. The first-order valence-electron chi connectivity index (χ1n) is 9.93. The fourth-order valence-electron chi connectivity index (χ4n) is 3.68. The molecule has 10 heteroatoms. The number of aromatic nitrogens is 2. The van der Waals surface area contributed by atoms with Gasteiger partial charge < -0.3 is 26.0 Å². The Kier molecular flexibility index (Phi) is 6.47. The number of fused-ring (bicyclic) bond motifs is 1. The maximum atomic E-state index is 13.4. The Morgan fingerprint density at radius 3 is 2.58 bits per heavy atom. The zero-order valence-corrected chi connectivity index (χ0v) is 17.7. The van der Waals surface area contributed by atoms with Crippen LogP contribution in [-0.4, -0.2) is 53.2 Å². The number of halogens is 1. The average Bonchev–Trinajstić information content (AvgIpc) is 3.36. The predicted octanol–water partition coefficient (Wildman–Crippen LogP) is 1.60. The van der Waals surface area contributed by atoms with E-state index in [9.17, 15) is 14.0 Å². The van der Waals surface area contributed by atoms with Crippen LogP contribution in [0.3, 0.4) is 0 Å². The summed E-state index contributed by atoms with van der Waals surface area (Å²) in [5, 5.41) is 4.23. The molecule has 0 saturated carbocycles. The van der Waals surface area contributed by atoms with Crippen LogP contribution >= 0.6 is 0 Å². The molecule has 0 bridgehead atoms. The molecule has 1 saturated heterocycles. The van der Waals surface area contributed by atoms with Gasteiger partial charge in [-0.3, -0.25) is 14.3 Å². The zero-order chi connectivity index (χ0) is 22.7. The van der Waals surface area contributed by atoms with E-state index in [0.29, 0.717) is 18.0 Å². The average molecular weight is 430 g/mol. The molecule has 166 valence electrons. The maximum Gasteiger partial charge on any atom is 0.254 e. The van der Waals surface area contributed by atoms with Crippen LogP contribution in [0.4, 0.5) is 15.9 Å². The lowest BCUT2D eigenvalue weighted by atomic mass is 10.1. The summed E-state index contributed by atoms with van der Waals surface area (Å²) < 4.78 is 20.6. The van der Waals surface area contributed by atoms with Crippen LogP contribution in [0.1, 0.15) is 35.0 Å². The molecule has 2 aromatic rings. The third-order valence-electron chi connectivity index (χ3n) is 5.30. The number of primary amides is 1. The van der Waals surface area contributed by atoms with Gasteiger partial charge in [0.25, 0.3) is 5.91 Å². The van der Waals surface area contributed by atoms with Gasteiger partial charge in [-0.2, -0.15) is 5.10 Å². The summed E-state index contributed by atoms with van der Waals surface area (Å²) in [7, 11) is 3.47. The molecule has 0 radical (unpaired) electrons. The van der Waals surface area contributed by atoms with E-state index in [4.69, 9.17) is 16.2 Å². The molecule has 1 atom stereocenters. The summed E-state index contributed by atoms with van der Waals surface area (Å²) in [6.45, 7) is 5.70. The summed E-state index contributed by atoms with van der Waals surface area (Å²) in [6.07, 6.45) is 3.12. The van der Waals surface area contributed by atoms with Crippen LogP contribution < -0.4 is 21.1 Å². The van der Waals surface area contributed by atoms with E-state index < -0.39 is 17.8 Å². The minimum Gasteiger partial charge on any atom is -0.480 e. The molecule has 1 aromatic carbocycles. The standard InChI is InChI=1S/C14H16FN5O2.C7H11NO/c1-19-6-10(22-9-5-7(15)3-4-8(9)19)12-11(14(17)21)13(16)20(2)18-12;1-2-7(9)8-5-3-4-6-8/h3-5,10H,6,16H2,1-2H3,(H2,17,21);2H,1,3-6H2. The van der Waals surface area contributed by atoms with Gasteiger partial charge in [0.1, 0.15) is 28.6 Å². The van der Waals surface area contributed by atoms with E-state index in [2.05, 4.69) is 11.7 Å². The highest BCUT2D eigenvalue weighted by Gasteiger charge is 2.32. The molecule has 3 heterocycles. The second-order valence-corrected chi connectivity index (χ2v) is 7.47. The number of rotatable bonds is 3. The number of ether oxygens (including phenoxy) is 1. The van der Waals surface area contributed by atoms with E-state index in [0.717, 1.165) is 31.6 Å². The molecule has 1 unspecified atom stereocenters. The summed E-state index contributed by atoms with van der Waals surface area (Å²) in [4.78, 5) is 26.2. The Labute approximate surface area is 180 Å². The van der Waals surface area contributed by atoms with Gasteiger partial charge in [-0.15, -0.1) is 0 Å². The van der Waals surface area contributed by atoms with Crippen molar-refractivity contribution in [2.24, 2.45) is 12.8 Å². The molecular formula is C21H27FN6O3. The molecule has 2 aliphatic heterocycles. The number of hydrogen-bond acceptors (Lipinski definition) is 6. The molecule has 2 amide bonds. The minimum absolute atomic E-state index is 0.0764. The van der Waals surface area contributed by atoms with Crippen molar-refractivity contribution in [3.8, 4) is 5.75 Å². The number of carbonyl (C=O) groups excluding carboxylic acids is 2. The lowest BCUT2D eigenvalue weighted by Crippen LogP contribution is -2.33. The summed E-state index contributed by atoms with van der Waals surface area (Å²) in [5.41, 5.74) is 12.5. The fraction of sp³-hybridized carbons (Fsp3) is 0.381. The number of likely N-dealkylation sites (N-methyl/N-ethyl adjacent to an activating group) is 1. The molecular weight excluding hydrogens is 403 g/mol. The number of benzene rings is 1. The van der Waals surface area contributed by atoms with Gasteiger partial charge in [-0.1, -0.05) is 6.58 Å². The number of anilines is 2. The minimum atomic E-state index is -0.670. The summed E-state index contributed by atoms with van der Waals surface area (Å²) in [6, 6.07) is 4.31. The van der Waals surface area contributed by atoms with E-state index >= 15 is 0 Å². The Morgan fingerprint density at radius 2 is 1.97 bits per heavy atom. The Morgan fingerprint density at radius 1 is 1.29 bits per heavy atom. The Hall–Kier alpha value is -3.56. The summed E-state index contributed by atoms with van der Waals surface area (Å²) in [5.74, 6) is -0.426. The molecule has 0 spiro atoms. The second-order valence-electron chi connectivity index (χ2n) is 7.47. The number of nitrogens with zero attached hydrogens (tertiary/aromatic N) is 4. The zero-order valence-electron chi connectivity index (χ0n) is 17.7. The van der Waals surface area contributed by atoms with Gasteiger partial charge >= 0.3 is 0 Å². The van der Waals surface area contributed by atoms with Crippen LogP contribution in [0, 0.1) is 5.82 Å². The monoisotopic (exact) mass is 430 g/mol. The number of carbonyl (C=O) groups is 2. The number of hydrogen-bond donors (Lipinski definition) is 2. The highest BCUT2D eigenvalue weighted by Crippen LogP contribution is 2.38. The van der Waals surface area contributed by atoms with E-state index in [-0.39, 0.29) is 17.3 Å². The third-order valence-corrected chi connectivity index (χ3v) is 5.30. The number of nitrogen functional groups attached to an aromatic ring is 1. The van der Waals surface area contributed by atoms with E-state index in [1.54, 1.807) is 13.1 Å². The highest BCUT2D eigenvalue weighted by molar-refractivity contribution is 5.98. The van der Waals surface area contributed by atoms with Crippen molar-refractivity contribution in [2.75, 3.05) is 37.3 Å². The molecule has 4 rings (SSSR count). The smallest absolute Gasteiger partial charge is 0.254 e. The molecule has 31 heavy (non-hydrogen) atoms. The lowest BCUT2D eigenvalue weighted by molar-refractivity contribution is -0.124. The van der Waals surface area contributed by atoms with Gasteiger partial charge in [0.15, 0.2) is 6.10 Å². The first-order chi connectivity index (χ1) is 14.7. The van der Waals surface area contributed by atoms with Crippen molar-refractivity contribution in [2.45, 2.75) is 18.9 Å². The van der Waals surface area contributed by atoms with Crippen molar-refractivity contribution in [3.63, 3.8) is 0 Å². The fourth-order valence-corrected chi connectivity index (χ4v) is 3.68. The van der Waals surface area contributed by atoms with Crippen molar-refractivity contribution in [1.82, 2.24) is 14.7 Å². The van der Waals surface area contributed by atoms with Gasteiger partial charge in [0.05, 0.1) is 12.2 Å². The molecule has 2 aliphatic rings. The largest absolute Gasteiger partial charge is 0.480 e. The van der Waals surface area contributed by atoms with Crippen molar-refractivity contribution in [3.05, 3.63) is 47.9 Å². The SMILES string of the molecule is C=CC(=O)N1CCCC1.CN1CC(c2nn(C)c(N)c2C(N)=O)Oc2cc(F)ccc21. The van der Waals surface area contributed by atoms with E-state index in [1.165, 1.54) is 22.9 Å². The maximum absolute atomic E-state index is 13.4. The van der Waals surface area contributed by atoms with Gasteiger partial charge in [0, 0.05) is 33.3 Å². The quantitative estimate of drug-likeness (QED) is 0.714. The number of aryl methyl sites for hydroxylation is 1. The molecule has 1 fully saturated rings. The van der Waals surface area contributed by atoms with Crippen molar-refractivity contribution in [1.29, 1.82) is 0 Å². The van der Waals surface area contributed by atoms with Crippen molar-refractivity contribution < 1.29 is 18.7 Å². The molecule has 9 nitrogen and oxygen atoms in total. The van der Waals surface area contributed by atoms with Crippen LogP contribution in [0.25, 0.3) is 0 Å². The normalized spacial score (nSPS) is 17.3. The predicted molar refractivity (Wildman–Crippen MR) is 115 cm³/mol. The number of amides is 2. The van der Waals surface area contributed by atoms with Gasteiger partial charge in [-0.05, 0) is 31.1 Å². The number of likely N-dealkylation sites (tertiary alicyclic amines) is 1. The first kappa shape index (κ1) is 22.1. The van der Waals surface area contributed by atoms with Gasteiger partial charge in [0.2, 0.25) is 5.91 Å².